The Bertz CT molecular complexity index is 421. The summed E-state index contributed by atoms with van der Waals surface area (Å²) in [4.78, 5) is 33.8. The average Bonchev–Trinajstić information content (AvgIpc) is 2.30. The van der Waals surface area contributed by atoms with Gasteiger partial charge in [0.05, 0.1) is 13.2 Å². The van der Waals surface area contributed by atoms with E-state index in [1.54, 1.807) is 26.8 Å². The molecule has 1 unspecified atom stereocenters. The number of rotatable bonds is 5. The van der Waals surface area contributed by atoms with Crippen molar-refractivity contribution in [2.45, 2.75) is 38.8 Å². The van der Waals surface area contributed by atoms with Crippen LogP contribution in [-0.2, 0) is 19.1 Å². The second-order valence-corrected chi connectivity index (χ2v) is 4.98. The van der Waals surface area contributed by atoms with Crippen LogP contribution < -0.4 is 5.32 Å². The van der Waals surface area contributed by atoms with Crippen molar-refractivity contribution in [3.63, 3.8) is 0 Å². The molecule has 0 fully saturated rings. The molecule has 0 aliphatic carbocycles. The van der Waals surface area contributed by atoms with E-state index in [0.717, 1.165) is 7.11 Å². The number of nitrogens with zero attached hydrogens (tertiary/aromatic N) is 1. The Morgan fingerprint density at radius 2 is 1.90 bits per heavy atom. The smallest absolute Gasteiger partial charge is 0.408 e. The molecule has 0 bridgehead atoms. The lowest BCUT2D eigenvalue weighted by molar-refractivity contribution is -0.145. The summed E-state index contributed by atoms with van der Waals surface area (Å²) in [6.07, 6.45) is -1.34. The number of ether oxygens (including phenoxy) is 2. The maximum absolute atomic E-state index is 11.5. The van der Waals surface area contributed by atoms with Gasteiger partial charge in [0.25, 0.3) is 0 Å². The predicted octanol–water partition coefficient (Wildman–Crippen LogP) is 0.667. The predicted molar refractivity (Wildman–Crippen MR) is 66.5 cm³/mol. The summed E-state index contributed by atoms with van der Waals surface area (Å²) < 4.78 is 9.28. The van der Waals surface area contributed by atoms with E-state index in [-0.39, 0.29) is 0 Å². The van der Waals surface area contributed by atoms with Crippen molar-refractivity contribution in [2.24, 2.45) is 5.92 Å². The standard InChI is InChI=1S/C12H18N2O6/c1-12(2,3)20-11(18)14-8(9(15)16)5-7(6-13)10(17)19-4/h7-8H,5H2,1-4H3,(H,14,18)(H,15,16)/t7?,8-/m0/s1. The monoisotopic (exact) mass is 286 g/mol. The maximum Gasteiger partial charge on any atom is 0.408 e. The van der Waals surface area contributed by atoms with Crippen molar-refractivity contribution in [2.75, 3.05) is 7.11 Å². The summed E-state index contributed by atoms with van der Waals surface area (Å²) >= 11 is 0. The highest BCUT2D eigenvalue weighted by molar-refractivity contribution is 5.82. The van der Waals surface area contributed by atoms with E-state index in [9.17, 15) is 14.4 Å². The fourth-order valence-corrected chi connectivity index (χ4v) is 1.25. The molecular weight excluding hydrogens is 268 g/mol. The number of alkyl carbamates (subject to hydrolysis) is 1. The third-order valence-corrected chi connectivity index (χ3v) is 2.10. The van der Waals surface area contributed by atoms with Crippen LogP contribution in [0.3, 0.4) is 0 Å². The summed E-state index contributed by atoms with van der Waals surface area (Å²) in [7, 11) is 1.09. The highest BCUT2D eigenvalue weighted by Crippen LogP contribution is 2.11. The number of carboxylic acid groups (broad SMARTS) is 1. The normalized spacial score (nSPS) is 13.6. The molecular formula is C12H18N2O6. The quantitative estimate of drug-likeness (QED) is 0.711. The second-order valence-electron chi connectivity index (χ2n) is 4.98. The Balaban J connectivity index is 4.75. The Labute approximate surface area is 116 Å². The first kappa shape index (κ1) is 17.7. The summed E-state index contributed by atoms with van der Waals surface area (Å²) in [5, 5.41) is 19.9. The van der Waals surface area contributed by atoms with Crippen molar-refractivity contribution in [1.82, 2.24) is 5.32 Å². The van der Waals surface area contributed by atoms with E-state index in [4.69, 9.17) is 15.1 Å². The van der Waals surface area contributed by atoms with Gasteiger partial charge in [0, 0.05) is 6.42 Å². The van der Waals surface area contributed by atoms with Crippen molar-refractivity contribution in [1.29, 1.82) is 5.26 Å². The largest absolute Gasteiger partial charge is 0.480 e. The fourth-order valence-electron chi connectivity index (χ4n) is 1.25. The minimum atomic E-state index is -1.42. The lowest BCUT2D eigenvalue weighted by Crippen LogP contribution is -2.45. The van der Waals surface area contributed by atoms with Gasteiger partial charge in [0.2, 0.25) is 0 Å². The number of nitriles is 1. The van der Waals surface area contributed by atoms with E-state index in [1.807, 2.05) is 0 Å². The van der Waals surface area contributed by atoms with E-state index in [2.05, 4.69) is 10.1 Å². The summed E-state index contributed by atoms with van der Waals surface area (Å²) in [5.41, 5.74) is -0.788. The van der Waals surface area contributed by atoms with Gasteiger partial charge in [-0.2, -0.15) is 5.26 Å². The fraction of sp³-hybridized carbons (Fsp3) is 0.667. The number of hydrogen-bond donors (Lipinski definition) is 2. The van der Waals surface area contributed by atoms with E-state index in [1.165, 1.54) is 0 Å². The molecule has 0 heterocycles. The van der Waals surface area contributed by atoms with Crippen molar-refractivity contribution >= 4 is 18.0 Å². The second kappa shape index (κ2) is 7.33. The van der Waals surface area contributed by atoms with Crippen LogP contribution in [0.15, 0.2) is 0 Å². The lowest BCUT2D eigenvalue weighted by Gasteiger charge is -2.22. The third kappa shape index (κ3) is 6.58. The molecule has 0 aliphatic heterocycles. The molecule has 0 aromatic rings. The number of aliphatic carboxylic acids is 1. The Hall–Kier alpha value is -2.30. The van der Waals surface area contributed by atoms with E-state index < -0.39 is 42.0 Å². The number of carbonyl (C=O) groups is 3. The van der Waals surface area contributed by atoms with Crippen LogP contribution in [0.5, 0.6) is 0 Å². The zero-order valence-electron chi connectivity index (χ0n) is 11.8. The summed E-state index contributed by atoms with van der Waals surface area (Å²) in [6, 6.07) is 0.207. The van der Waals surface area contributed by atoms with Crippen molar-refractivity contribution < 1.29 is 29.0 Å². The van der Waals surface area contributed by atoms with Gasteiger partial charge in [-0.25, -0.2) is 9.59 Å². The van der Waals surface area contributed by atoms with Crippen LogP contribution in [-0.4, -0.2) is 41.9 Å². The number of methoxy groups -OCH3 is 1. The van der Waals surface area contributed by atoms with Crippen LogP contribution in [0, 0.1) is 17.2 Å². The minimum absolute atomic E-state index is 0.405. The molecule has 0 aromatic heterocycles. The first-order valence-electron chi connectivity index (χ1n) is 5.80. The average molecular weight is 286 g/mol. The Kier molecular flexibility index (Phi) is 6.49. The number of carboxylic acids is 1. The van der Waals surface area contributed by atoms with E-state index in [0.29, 0.717) is 0 Å². The molecule has 0 spiro atoms. The first-order chi connectivity index (χ1) is 9.10. The van der Waals surface area contributed by atoms with Crippen LogP contribution in [0.1, 0.15) is 27.2 Å². The minimum Gasteiger partial charge on any atom is -0.480 e. The van der Waals surface area contributed by atoms with Crippen LogP contribution in [0.2, 0.25) is 0 Å². The van der Waals surface area contributed by atoms with Crippen molar-refractivity contribution in [3.05, 3.63) is 0 Å². The Morgan fingerprint density at radius 3 is 2.25 bits per heavy atom. The number of nitrogens with one attached hydrogen (secondary N) is 1. The maximum atomic E-state index is 11.5. The number of hydrogen-bond acceptors (Lipinski definition) is 6. The van der Waals surface area contributed by atoms with Crippen LogP contribution in [0.25, 0.3) is 0 Å². The van der Waals surface area contributed by atoms with Gasteiger partial charge in [-0.05, 0) is 20.8 Å². The molecule has 2 atom stereocenters. The number of esters is 1. The molecule has 20 heavy (non-hydrogen) atoms. The van der Waals surface area contributed by atoms with Crippen LogP contribution >= 0.6 is 0 Å². The van der Waals surface area contributed by atoms with Crippen molar-refractivity contribution in [3.8, 4) is 6.07 Å². The van der Waals surface area contributed by atoms with Gasteiger partial charge < -0.3 is 19.9 Å². The molecule has 0 saturated heterocycles. The molecule has 8 heteroatoms. The molecule has 0 aromatic carbocycles. The van der Waals surface area contributed by atoms with Crippen LogP contribution in [0.4, 0.5) is 4.79 Å². The third-order valence-electron chi connectivity index (χ3n) is 2.10. The molecule has 1 amide bonds. The number of carbonyl (C=O) groups excluding carboxylic acids is 2. The van der Waals surface area contributed by atoms with Gasteiger partial charge in [-0.1, -0.05) is 0 Å². The SMILES string of the molecule is COC(=O)C(C#N)C[C@H](NC(=O)OC(C)(C)C)C(=O)O. The lowest BCUT2D eigenvalue weighted by atomic mass is 10.0. The van der Waals surface area contributed by atoms with Gasteiger partial charge in [-0.3, -0.25) is 4.79 Å². The molecule has 8 nitrogen and oxygen atoms in total. The first-order valence-corrected chi connectivity index (χ1v) is 5.80. The highest BCUT2D eigenvalue weighted by atomic mass is 16.6. The van der Waals surface area contributed by atoms with Gasteiger partial charge >= 0.3 is 18.0 Å². The zero-order chi connectivity index (χ0) is 15.9. The Morgan fingerprint density at radius 1 is 1.35 bits per heavy atom. The molecule has 112 valence electrons. The van der Waals surface area contributed by atoms with E-state index >= 15 is 0 Å². The van der Waals surface area contributed by atoms with Gasteiger partial charge in [0.1, 0.15) is 17.6 Å². The molecule has 0 radical (unpaired) electrons. The summed E-state index contributed by atoms with van der Waals surface area (Å²) in [6.45, 7) is 4.86. The molecule has 0 rings (SSSR count). The molecule has 0 saturated carbocycles. The highest BCUT2D eigenvalue weighted by Gasteiger charge is 2.30. The summed E-state index contributed by atoms with van der Waals surface area (Å²) in [5.74, 6) is -3.51. The van der Waals surface area contributed by atoms with Gasteiger partial charge in [-0.15, -0.1) is 0 Å². The molecule has 2 N–H and O–H groups in total. The van der Waals surface area contributed by atoms with Gasteiger partial charge in [0.15, 0.2) is 0 Å². The molecule has 0 aliphatic rings. The number of amides is 1. The topological polar surface area (TPSA) is 126 Å². The zero-order valence-corrected chi connectivity index (χ0v) is 11.8.